The fraction of sp³-hybridized carbons (Fsp3) is 0.444. The number of aliphatic carboxylic acids is 1. The number of likely N-dealkylation sites (tertiary alicyclic amines) is 1. The Morgan fingerprint density at radius 1 is 1.17 bits per heavy atom. The molecule has 1 aliphatic rings. The van der Waals surface area contributed by atoms with Gasteiger partial charge in [0, 0.05) is 34.4 Å². The summed E-state index contributed by atoms with van der Waals surface area (Å²) >= 11 is 12.5. The lowest BCUT2D eigenvalue weighted by Gasteiger charge is -2.48. The lowest BCUT2D eigenvalue weighted by molar-refractivity contribution is -0.154. The van der Waals surface area contributed by atoms with Crippen molar-refractivity contribution < 1.29 is 24.2 Å². The van der Waals surface area contributed by atoms with E-state index in [9.17, 15) is 19.5 Å². The van der Waals surface area contributed by atoms with Crippen LogP contribution in [0.5, 0.6) is 0 Å². The second kappa shape index (κ2) is 12.5. The summed E-state index contributed by atoms with van der Waals surface area (Å²) in [7, 11) is 0. The van der Waals surface area contributed by atoms with Crippen LogP contribution in [-0.4, -0.2) is 47.4 Å². The Bertz CT molecular complexity index is 1030. The Balaban J connectivity index is 2.18. The molecule has 1 aliphatic heterocycles. The van der Waals surface area contributed by atoms with Crippen molar-refractivity contribution in [1.29, 1.82) is 0 Å². The van der Waals surface area contributed by atoms with Gasteiger partial charge in [0.15, 0.2) is 0 Å². The van der Waals surface area contributed by atoms with Crippen molar-refractivity contribution in [2.45, 2.75) is 51.1 Å². The Morgan fingerprint density at radius 3 is 2.49 bits per heavy atom. The van der Waals surface area contributed by atoms with Gasteiger partial charge in [0.05, 0.1) is 25.1 Å². The van der Waals surface area contributed by atoms with Gasteiger partial charge >= 0.3 is 5.97 Å². The summed E-state index contributed by atoms with van der Waals surface area (Å²) in [4.78, 5) is 38.9. The van der Waals surface area contributed by atoms with E-state index < -0.39 is 24.0 Å². The van der Waals surface area contributed by atoms with Gasteiger partial charge in [-0.1, -0.05) is 54.4 Å². The summed E-state index contributed by atoms with van der Waals surface area (Å²) < 4.78 is 5.75. The SMILES string of the molecule is CCOCC(CC(C)C=O)N1C(=O)C(CC(=O)O)CC(c2cccc(Cl)c2)C1c1ccc(Cl)cc1. The zero-order valence-corrected chi connectivity index (χ0v) is 21.4. The number of hydrogen-bond acceptors (Lipinski definition) is 4. The monoisotopic (exact) mass is 519 g/mol. The minimum absolute atomic E-state index is 0.215. The van der Waals surface area contributed by atoms with Crippen LogP contribution in [0, 0.1) is 11.8 Å². The van der Waals surface area contributed by atoms with Crippen LogP contribution in [0.3, 0.4) is 0 Å². The zero-order chi connectivity index (χ0) is 25.5. The highest BCUT2D eigenvalue weighted by molar-refractivity contribution is 6.30. The van der Waals surface area contributed by atoms with E-state index in [1.165, 1.54) is 0 Å². The van der Waals surface area contributed by atoms with E-state index in [1.54, 1.807) is 30.0 Å². The first kappa shape index (κ1) is 27.2. The van der Waals surface area contributed by atoms with Gasteiger partial charge in [-0.3, -0.25) is 9.59 Å². The number of halogens is 2. The number of piperidine rings is 1. The molecule has 1 amide bonds. The van der Waals surface area contributed by atoms with Gasteiger partial charge in [0.1, 0.15) is 6.29 Å². The van der Waals surface area contributed by atoms with Crippen molar-refractivity contribution in [3.8, 4) is 0 Å². The van der Waals surface area contributed by atoms with Crippen LogP contribution < -0.4 is 0 Å². The predicted molar refractivity (Wildman–Crippen MR) is 136 cm³/mol. The molecule has 6 nitrogen and oxygen atoms in total. The Kier molecular flexibility index (Phi) is 9.72. The van der Waals surface area contributed by atoms with Crippen LogP contribution in [0.15, 0.2) is 48.5 Å². The fourth-order valence-corrected chi connectivity index (χ4v) is 5.30. The van der Waals surface area contributed by atoms with Crippen molar-refractivity contribution in [3.63, 3.8) is 0 Å². The summed E-state index contributed by atoms with van der Waals surface area (Å²) in [5.41, 5.74) is 1.80. The van der Waals surface area contributed by atoms with Gasteiger partial charge in [-0.15, -0.1) is 0 Å². The molecule has 8 heteroatoms. The van der Waals surface area contributed by atoms with Gasteiger partial charge in [-0.2, -0.15) is 0 Å². The highest BCUT2D eigenvalue weighted by Gasteiger charge is 2.46. The normalized spacial score (nSPS) is 22.0. The molecule has 2 aromatic carbocycles. The first-order valence-corrected chi connectivity index (χ1v) is 12.6. The van der Waals surface area contributed by atoms with Crippen LogP contribution in [0.2, 0.25) is 10.0 Å². The number of rotatable bonds is 11. The van der Waals surface area contributed by atoms with Gasteiger partial charge in [0.2, 0.25) is 5.91 Å². The summed E-state index contributed by atoms with van der Waals surface area (Å²) in [5, 5.41) is 10.7. The first-order chi connectivity index (χ1) is 16.7. The maximum Gasteiger partial charge on any atom is 0.304 e. The number of amides is 1. The summed E-state index contributed by atoms with van der Waals surface area (Å²) in [5.74, 6) is -2.50. The maximum atomic E-state index is 13.9. The molecule has 188 valence electrons. The summed E-state index contributed by atoms with van der Waals surface area (Å²) in [6, 6.07) is 14.0. The number of carboxylic acids is 1. The molecule has 0 aromatic heterocycles. The minimum atomic E-state index is -1.03. The van der Waals surface area contributed by atoms with Crippen molar-refractivity contribution in [3.05, 3.63) is 69.7 Å². The summed E-state index contributed by atoms with van der Waals surface area (Å²) in [6.45, 7) is 4.38. The topological polar surface area (TPSA) is 83.9 Å². The molecule has 5 unspecified atom stereocenters. The van der Waals surface area contributed by atoms with E-state index in [-0.39, 0.29) is 30.8 Å². The largest absolute Gasteiger partial charge is 0.481 e. The van der Waals surface area contributed by atoms with E-state index >= 15 is 0 Å². The van der Waals surface area contributed by atoms with Crippen LogP contribution in [0.1, 0.15) is 56.2 Å². The number of benzene rings is 2. The number of carbonyl (C=O) groups excluding carboxylic acids is 2. The Morgan fingerprint density at radius 2 is 1.89 bits per heavy atom. The second-order valence-corrected chi connectivity index (χ2v) is 9.97. The zero-order valence-electron chi connectivity index (χ0n) is 19.9. The number of aldehydes is 1. The molecule has 1 N–H and O–H groups in total. The molecule has 0 saturated carbocycles. The molecule has 0 radical (unpaired) electrons. The molecule has 35 heavy (non-hydrogen) atoms. The molecular formula is C27H31Cl2NO5. The van der Waals surface area contributed by atoms with E-state index in [0.29, 0.717) is 29.5 Å². The number of carboxylic acid groups (broad SMARTS) is 1. The van der Waals surface area contributed by atoms with E-state index in [1.807, 2.05) is 37.3 Å². The highest BCUT2D eigenvalue weighted by Crippen LogP contribution is 2.47. The van der Waals surface area contributed by atoms with Crippen molar-refractivity contribution in [2.75, 3.05) is 13.2 Å². The van der Waals surface area contributed by atoms with Gasteiger partial charge in [-0.25, -0.2) is 0 Å². The molecule has 2 aromatic rings. The van der Waals surface area contributed by atoms with Crippen LogP contribution in [-0.2, 0) is 19.1 Å². The van der Waals surface area contributed by atoms with E-state index in [2.05, 4.69) is 0 Å². The van der Waals surface area contributed by atoms with E-state index in [0.717, 1.165) is 17.4 Å². The molecule has 0 aliphatic carbocycles. The molecule has 5 atom stereocenters. The van der Waals surface area contributed by atoms with E-state index in [4.69, 9.17) is 27.9 Å². The minimum Gasteiger partial charge on any atom is -0.481 e. The highest BCUT2D eigenvalue weighted by atomic mass is 35.5. The molecule has 3 rings (SSSR count). The van der Waals surface area contributed by atoms with Gasteiger partial charge in [0.25, 0.3) is 0 Å². The standard InChI is InChI=1S/C27H31Cl2NO5/c1-3-35-16-23(11-17(2)15-31)30-26(18-7-9-21(28)10-8-18)24(19-5-4-6-22(29)12-19)13-20(27(30)34)14-25(32)33/h4-10,12,15,17,20,23-24,26H,3,11,13-14,16H2,1-2H3,(H,32,33). The first-order valence-electron chi connectivity index (χ1n) is 11.8. The Hall–Kier alpha value is -2.41. The molecular weight excluding hydrogens is 489 g/mol. The molecule has 1 fully saturated rings. The molecule has 1 saturated heterocycles. The fourth-order valence-electron chi connectivity index (χ4n) is 4.98. The third-order valence-electron chi connectivity index (χ3n) is 6.52. The third-order valence-corrected chi connectivity index (χ3v) is 7.00. The molecule has 0 bridgehead atoms. The number of hydrogen-bond donors (Lipinski definition) is 1. The second-order valence-electron chi connectivity index (χ2n) is 9.10. The smallest absolute Gasteiger partial charge is 0.304 e. The van der Waals surface area contributed by atoms with Crippen LogP contribution in [0.4, 0.5) is 0 Å². The third kappa shape index (κ3) is 6.84. The number of ether oxygens (including phenoxy) is 1. The average Bonchev–Trinajstić information content (AvgIpc) is 2.83. The predicted octanol–water partition coefficient (Wildman–Crippen LogP) is 5.77. The molecule has 1 heterocycles. The maximum absolute atomic E-state index is 13.9. The average molecular weight is 520 g/mol. The van der Waals surface area contributed by atoms with Crippen LogP contribution >= 0.6 is 23.2 Å². The lowest BCUT2D eigenvalue weighted by Crippen LogP contribution is -2.53. The summed E-state index contributed by atoms with van der Waals surface area (Å²) in [6.07, 6.45) is 1.36. The van der Waals surface area contributed by atoms with Crippen LogP contribution in [0.25, 0.3) is 0 Å². The van der Waals surface area contributed by atoms with Crippen molar-refractivity contribution >= 4 is 41.4 Å². The van der Waals surface area contributed by atoms with Crippen molar-refractivity contribution in [2.24, 2.45) is 11.8 Å². The number of carbonyl (C=O) groups is 3. The van der Waals surface area contributed by atoms with Gasteiger partial charge < -0.3 is 19.5 Å². The lowest BCUT2D eigenvalue weighted by atomic mass is 9.74. The molecule has 0 spiro atoms. The van der Waals surface area contributed by atoms with Gasteiger partial charge in [-0.05, 0) is 55.2 Å². The Labute approximate surface area is 216 Å². The number of nitrogens with zero attached hydrogens (tertiary/aromatic N) is 1. The quantitative estimate of drug-likeness (QED) is 0.380. The van der Waals surface area contributed by atoms with Crippen molar-refractivity contribution in [1.82, 2.24) is 4.90 Å².